The Morgan fingerprint density at radius 2 is 2.23 bits per heavy atom. The van der Waals surface area contributed by atoms with E-state index < -0.39 is 0 Å². The summed E-state index contributed by atoms with van der Waals surface area (Å²) >= 11 is 1.90. The maximum Gasteiger partial charge on any atom is 0.257 e. The smallest absolute Gasteiger partial charge is 0.257 e. The fraction of sp³-hybridized carbons (Fsp3) is 0.444. The lowest BCUT2D eigenvalue weighted by Crippen LogP contribution is -2.37. The molecule has 1 amide bonds. The van der Waals surface area contributed by atoms with Crippen LogP contribution in [0.5, 0.6) is 0 Å². The van der Waals surface area contributed by atoms with Gasteiger partial charge in [-0.2, -0.15) is 11.8 Å². The molecule has 1 saturated heterocycles. The average molecular weight is 197 g/mol. The van der Waals surface area contributed by atoms with Crippen LogP contribution in [0.4, 0.5) is 0 Å². The monoisotopic (exact) mass is 197 g/mol. The zero-order chi connectivity index (χ0) is 9.10. The number of carbonyl (C=O) groups is 1. The number of hydrogen-bond donors (Lipinski definition) is 0. The summed E-state index contributed by atoms with van der Waals surface area (Å²) in [6.07, 6.45) is 3.04. The minimum atomic E-state index is 0.0917. The fourth-order valence-corrected chi connectivity index (χ4v) is 2.24. The highest BCUT2D eigenvalue weighted by Crippen LogP contribution is 2.12. The van der Waals surface area contributed by atoms with Gasteiger partial charge in [0.2, 0.25) is 0 Å². The highest BCUT2D eigenvalue weighted by molar-refractivity contribution is 7.99. The predicted molar refractivity (Wildman–Crippen MR) is 51.9 cm³/mol. The van der Waals surface area contributed by atoms with Gasteiger partial charge in [0.1, 0.15) is 6.26 Å². The van der Waals surface area contributed by atoms with Gasteiger partial charge in [-0.15, -0.1) is 0 Å². The molecule has 13 heavy (non-hydrogen) atoms. The summed E-state index contributed by atoms with van der Waals surface area (Å²) in [4.78, 5) is 13.6. The molecule has 1 aliphatic heterocycles. The van der Waals surface area contributed by atoms with Crippen LogP contribution in [0, 0.1) is 0 Å². The second-order valence-corrected chi connectivity index (χ2v) is 4.14. The van der Waals surface area contributed by atoms with Crippen LogP contribution >= 0.6 is 11.8 Å². The van der Waals surface area contributed by atoms with E-state index in [1.807, 2.05) is 16.7 Å². The van der Waals surface area contributed by atoms with E-state index in [1.54, 1.807) is 6.07 Å². The maximum atomic E-state index is 11.7. The van der Waals surface area contributed by atoms with Crippen LogP contribution in [0.3, 0.4) is 0 Å². The summed E-state index contributed by atoms with van der Waals surface area (Å²) in [7, 11) is 0. The molecule has 0 aliphatic carbocycles. The number of hydrogen-bond acceptors (Lipinski definition) is 3. The summed E-state index contributed by atoms with van der Waals surface area (Å²) in [5.74, 6) is 2.18. The molecular formula is C9H11NO2S. The number of thioether (sulfide) groups is 1. The third kappa shape index (κ3) is 1.88. The van der Waals surface area contributed by atoms with E-state index in [9.17, 15) is 4.79 Å². The van der Waals surface area contributed by atoms with E-state index in [-0.39, 0.29) is 5.91 Å². The Balaban J connectivity index is 2.04. The lowest BCUT2D eigenvalue weighted by molar-refractivity contribution is 0.0771. The fourth-order valence-electron chi connectivity index (χ4n) is 1.34. The van der Waals surface area contributed by atoms with Crippen molar-refractivity contribution in [3.05, 3.63) is 24.2 Å². The first-order valence-corrected chi connectivity index (χ1v) is 5.42. The normalized spacial score (nSPS) is 17.4. The van der Waals surface area contributed by atoms with Gasteiger partial charge in [-0.1, -0.05) is 0 Å². The number of carbonyl (C=O) groups excluding carboxylic acids is 1. The van der Waals surface area contributed by atoms with E-state index in [0.717, 1.165) is 24.6 Å². The molecule has 0 radical (unpaired) electrons. The molecule has 1 aromatic heterocycles. The first-order chi connectivity index (χ1) is 6.38. The number of rotatable bonds is 1. The Hall–Kier alpha value is -0.900. The van der Waals surface area contributed by atoms with Gasteiger partial charge in [0.05, 0.1) is 11.8 Å². The Morgan fingerprint density at radius 3 is 2.85 bits per heavy atom. The van der Waals surface area contributed by atoms with Crippen molar-refractivity contribution >= 4 is 17.7 Å². The molecule has 0 atom stereocenters. The van der Waals surface area contributed by atoms with Crippen LogP contribution < -0.4 is 0 Å². The summed E-state index contributed by atoms with van der Waals surface area (Å²) in [6.45, 7) is 1.71. The SMILES string of the molecule is O=C(c1ccoc1)N1CCSCC1. The van der Waals surface area contributed by atoms with Crippen molar-refractivity contribution in [1.29, 1.82) is 0 Å². The highest BCUT2D eigenvalue weighted by atomic mass is 32.2. The van der Waals surface area contributed by atoms with Crippen LogP contribution in [-0.4, -0.2) is 35.4 Å². The Bertz CT molecular complexity index is 278. The first kappa shape index (κ1) is 8.69. The van der Waals surface area contributed by atoms with E-state index in [4.69, 9.17) is 4.42 Å². The molecule has 1 fully saturated rings. The summed E-state index contributed by atoms with van der Waals surface area (Å²) in [6, 6.07) is 1.71. The molecule has 70 valence electrons. The molecule has 1 aliphatic rings. The van der Waals surface area contributed by atoms with Crippen molar-refractivity contribution in [1.82, 2.24) is 4.90 Å². The maximum absolute atomic E-state index is 11.7. The van der Waals surface area contributed by atoms with Gasteiger partial charge in [0.15, 0.2) is 0 Å². The molecule has 0 saturated carbocycles. The van der Waals surface area contributed by atoms with Crippen molar-refractivity contribution < 1.29 is 9.21 Å². The van der Waals surface area contributed by atoms with Gasteiger partial charge in [0.25, 0.3) is 5.91 Å². The minimum Gasteiger partial charge on any atom is -0.472 e. The molecule has 4 heteroatoms. The van der Waals surface area contributed by atoms with Crippen LogP contribution in [0.25, 0.3) is 0 Å². The molecule has 1 aromatic rings. The third-order valence-corrected chi connectivity index (χ3v) is 3.01. The van der Waals surface area contributed by atoms with Gasteiger partial charge in [-0.05, 0) is 6.07 Å². The molecular weight excluding hydrogens is 186 g/mol. The molecule has 0 unspecified atom stereocenters. The molecule has 2 heterocycles. The topological polar surface area (TPSA) is 33.5 Å². The van der Waals surface area contributed by atoms with Crippen molar-refractivity contribution in [2.24, 2.45) is 0 Å². The summed E-state index contributed by atoms with van der Waals surface area (Å²) < 4.78 is 4.87. The van der Waals surface area contributed by atoms with Gasteiger partial charge in [0, 0.05) is 24.6 Å². The molecule has 2 rings (SSSR count). The summed E-state index contributed by atoms with van der Waals surface area (Å²) in [5.41, 5.74) is 0.659. The molecule has 3 nitrogen and oxygen atoms in total. The second-order valence-electron chi connectivity index (χ2n) is 2.92. The van der Waals surface area contributed by atoms with Crippen molar-refractivity contribution in [3.8, 4) is 0 Å². The number of amides is 1. The van der Waals surface area contributed by atoms with Crippen molar-refractivity contribution in [3.63, 3.8) is 0 Å². The van der Waals surface area contributed by atoms with E-state index in [2.05, 4.69) is 0 Å². The molecule has 0 N–H and O–H groups in total. The Labute approximate surface area is 81.1 Å². The van der Waals surface area contributed by atoms with Gasteiger partial charge in [-0.25, -0.2) is 0 Å². The molecule has 0 spiro atoms. The lowest BCUT2D eigenvalue weighted by Gasteiger charge is -2.25. The van der Waals surface area contributed by atoms with Crippen LogP contribution in [-0.2, 0) is 0 Å². The lowest BCUT2D eigenvalue weighted by atomic mass is 10.3. The quantitative estimate of drug-likeness (QED) is 0.683. The number of nitrogens with zero attached hydrogens (tertiary/aromatic N) is 1. The van der Waals surface area contributed by atoms with E-state index >= 15 is 0 Å². The standard InChI is InChI=1S/C9H11NO2S/c11-9(8-1-4-12-7-8)10-2-5-13-6-3-10/h1,4,7H,2-3,5-6H2. The van der Waals surface area contributed by atoms with E-state index in [1.165, 1.54) is 12.5 Å². The summed E-state index contributed by atoms with van der Waals surface area (Å²) in [5, 5.41) is 0. The average Bonchev–Trinajstić information content (AvgIpc) is 2.71. The minimum absolute atomic E-state index is 0.0917. The predicted octanol–water partition coefficient (Wildman–Crippen LogP) is 1.47. The second kappa shape index (κ2) is 3.87. The molecule has 0 bridgehead atoms. The van der Waals surface area contributed by atoms with Gasteiger partial charge < -0.3 is 9.32 Å². The van der Waals surface area contributed by atoms with Crippen LogP contribution in [0.2, 0.25) is 0 Å². The van der Waals surface area contributed by atoms with Gasteiger partial charge >= 0.3 is 0 Å². The van der Waals surface area contributed by atoms with Gasteiger partial charge in [-0.3, -0.25) is 4.79 Å². The Kier molecular flexibility index (Phi) is 2.59. The first-order valence-electron chi connectivity index (χ1n) is 4.27. The third-order valence-electron chi connectivity index (χ3n) is 2.07. The van der Waals surface area contributed by atoms with Crippen molar-refractivity contribution in [2.45, 2.75) is 0 Å². The van der Waals surface area contributed by atoms with Crippen molar-refractivity contribution in [2.75, 3.05) is 24.6 Å². The number of furan rings is 1. The molecule has 0 aromatic carbocycles. The Morgan fingerprint density at radius 1 is 1.46 bits per heavy atom. The largest absolute Gasteiger partial charge is 0.472 e. The zero-order valence-corrected chi connectivity index (χ0v) is 8.05. The highest BCUT2D eigenvalue weighted by Gasteiger charge is 2.18. The van der Waals surface area contributed by atoms with Crippen LogP contribution in [0.1, 0.15) is 10.4 Å². The van der Waals surface area contributed by atoms with Crippen LogP contribution in [0.15, 0.2) is 23.0 Å². The van der Waals surface area contributed by atoms with E-state index in [0.29, 0.717) is 5.56 Å². The zero-order valence-electron chi connectivity index (χ0n) is 7.23.